The molecule has 4 atom stereocenters. The Morgan fingerprint density at radius 1 is 1.19 bits per heavy atom. The number of esters is 1. The lowest BCUT2D eigenvalue weighted by Gasteiger charge is -2.39. The first kappa shape index (κ1) is 29.8. The Labute approximate surface area is 225 Å². The molecule has 37 heavy (non-hydrogen) atoms. The zero-order valence-corrected chi connectivity index (χ0v) is 25.3. The summed E-state index contributed by atoms with van der Waals surface area (Å²) in [6.07, 6.45) is 10.0. The zero-order chi connectivity index (χ0) is 27.3. The van der Waals surface area contributed by atoms with Crippen molar-refractivity contribution >= 4 is 14.3 Å². The van der Waals surface area contributed by atoms with E-state index in [2.05, 4.69) is 65.1 Å². The number of hydrogen-bond donors (Lipinski definition) is 0. The minimum Gasteiger partial charge on any atom is -0.458 e. The Bertz CT molecular complexity index is 962. The largest absolute Gasteiger partial charge is 0.458 e. The van der Waals surface area contributed by atoms with E-state index in [0.29, 0.717) is 13.0 Å². The van der Waals surface area contributed by atoms with Crippen LogP contribution < -0.4 is 0 Å². The van der Waals surface area contributed by atoms with Crippen LogP contribution in [0.25, 0.3) is 0 Å². The summed E-state index contributed by atoms with van der Waals surface area (Å²) in [6.45, 7) is 17.6. The molecule has 1 fully saturated rings. The molecule has 0 aromatic heterocycles. The molecule has 1 heterocycles. The quantitative estimate of drug-likeness (QED) is 0.120. The molecule has 206 valence electrons. The Hall–Kier alpha value is -1.73. The molecule has 2 aliphatic rings. The average Bonchev–Trinajstić information content (AvgIpc) is 3.49. The van der Waals surface area contributed by atoms with Crippen LogP contribution >= 0.6 is 0 Å². The van der Waals surface area contributed by atoms with Crippen molar-refractivity contribution in [2.24, 2.45) is 0 Å². The lowest BCUT2D eigenvalue weighted by atomic mass is 9.93. The number of carbonyl (C=O) groups is 1. The molecule has 0 bridgehead atoms. The highest BCUT2D eigenvalue weighted by atomic mass is 28.4. The number of rotatable bonds is 12. The second-order valence-corrected chi connectivity index (χ2v) is 17.1. The molecule has 0 spiro atoms. The summed E-state index contributed by atoms with van der Waals surface area (Å²) >= 11 is 0. The van der Waals surface area contributed by atoms with Crippen molar-refractivity contribution in [1.82, 2.24) is 0 Å². The lowest BCUT2D eigenvalue weighted by molar-refractivity contribution is -0.144. The van der Waals surface area contributed by atoms with Gasteiger partial charge < -0.3 is 18.6 Å². The fourth-order valence-electron chi connectivity index (χ4n) is 4.55. The molecule has 1 saturated heterocycles. The van der Waals surface area contributed by atoms with E-state index in [9.17, 15) is 4.79 Å². The van der Waals surface area contributed by atoms with Crippen molar-refractivity contribution in [2.45, 2.75) is 129 Å². The van der Waals surface area contributed by atoms with Gasteiger partial charge in [0.1, 0.15) is 12.2 Å². The van der Waals surface area contributed by atoms with E-state index in [1.807, 2.05) is 25.1 Å². The summed E-state index contributed by atoms with van der Waals surface area (Å²) in [5.41, 5.74) is 3.55. The minimum atomic E-state index is -2.04. The summed E-state index contributed by atoms with van der Waals surface area (Å²) in [5.74, 6) is -0.826. The summed E-state index contributed by atoms with van der Waals surface area (Å²) in [5, 5.41) is 0.0935. The Morgan fingerprint density at radius 2 is 1.89 bits per heavy atom. The van der Waals surface area contributed by atoms with Crippen LogP contribution in [0.1, 0.15) is 85.6 Å². The van der Waals surface area contributed by atoms with Crippen LogP contribution in [0, 0.1) is 0 Å². The van der Waals surface area contributed by atoms with E-state index < -0.39 is 14.1 Å². The van der Waals surface area contributed by atoms with Crippen LogP contribution in [0.2, 0.25) is 18.1 Å². The van der Waals surface area contributed by atoms with Crippen LogP contribution in [0.5, 0.6) is 0 Å². The molecule has 3 rings (SSSR count). The van der Waals surface area contributed by atoms with Crippen LogP contribution in [-0.2, 0) is 30.0 Å². The first-order chi connectivity index (χ1) is 17.3. The third-order valence-electron chi connectivity index (χ3n) is 8.15. The standard InChI is InChI=1S/C31H48O5Si/c1-23(19-20-27(34-24(2)32)26-17-13-10-14-18-26)28(36-37(7,8)30(3,4)5)21-29-31(6,35-29)33-22-25-15-11-9-12-16-25/h9,11-12,15-17,19,27-29H,10,13-14,18,20-22H2,1-8H3/b23-19+/t27-,28-,29-,31+/m1/s1. The molecule has 0 saturated carbocycles. The lowest BCUT2D eigenvalue weighted by Crippen LogP contribution is -2.44. The first-order valence-corrected chi connectivity index (χ1v) is 16.8. The number of epoxide rings is 1. The highest BCUT2D eigenvalue weighted by Gasteiger charge is 2.55. The molecule has 0 unspecified atom stereocenters. The Morgan fingerprint density at radius 3 is 2.49 bits per heavy atom. The predicted octanol–water partition coefficient (Wildman–Crippen LogP) is 7.87. The van der Waals surface area contributed by atoms with Gasteiger partial charge >= 0.3 is 5.97 Å². The zero-order valence-electron chi connectivity index (χ0n) is 24.3. The van der Waals surface area contributed by atoms with E-state index in [-0.39, 0.29) is 29.3 Å². The maximum atomic E-state index is 11.8. The molecule has 6 heteroatoms. The highest BCUT2D eigenvalue weighted by Crippen LogP contribution is 2.44. The molecule has 0 amide bonds. The maximum absolute atomic E-state index is 11.8. The van der Waals surface area contributed by atoms with Crippen molar-refractivity contribution < 1.29 is 23.4 Å². The minimum absolute atomic E-state index is 0.0281. The molecule has 1 aliphatic carbocycles. The molecule has 0 radical (unpaired) electrons. The van der Waals surface area contributed by atoms with Crippen LogP contribution in [0.3, 0.4) is 0 Å². The van der Waals surface area contributed by atoms with Gasteiger partial charge in [0, 0.05) is 19.8 Å². The summed E-state index contributed by atoms with van der Waals surface area (Å²) < 4.78 is 25.0. The molecule has 1 aromatic rings. The fourth-order valence-corrected chi connectivity index (χ4v) is 5.89. The van der Waals surface area contributed by atoms with Gasteiger partial charge in [0.15, 0.2) is 14.1 Å². The maximum Gasteiger partial charge on any atom is 0.303 e. The van der Waals surface area contributed by atoms with Crippen molar-refractivity contribution in [3.8, 4) is 0 Å². The molecule has 1 aliphatic heterocycles. The van der Waals surface area contributed by atoms with Crippen LogP contribution in [-0.4, -0.2) is 38.4 Å². The molecular weight excluding hydrogens is 480 g/mol. The first-order valence-electron chi connectivity index (χ1n) is 13.9. The highest BCUT2D eigenvalue weighted by molar-refractivity contribution is 6.74. The predicted molar refractivity (Wildman–Crippen MR) is 152 cm³/mol. The van der Waals surface area contributed by atoms with Crippen molar-refractivity contribution in [1.29, 1.82) is 0 Å². The van der Waals surface area contributed by atoms with Crippen molar-refractivity contribution in [3.63, 3.8) is 0 Å². The van der Waals surface area contributed by atoms with Gasteiger partial charge in [-0.2, -0.15) is 0 Å². The van der Waals surface area contributed by atoms with Crippen molar-refractivity contribution in [2.75, 3.05) is 0 Å². The van der Waals surface area contributed by atoms with Gasteiger partial charge in [-0.3, -0.25) is 4.79 Å². The molecular formula is C31H48O5Si. The number of ether oxygens (including phenoxy) is 3. The second kappa shape index (κ2) is 12.4. The van der Waals surface area contributed by atoms with Gasteiger partial charge in [0.05, 0.1) is 12.7 Å². The third kappa shape index (κ3) is 8.64. The van der Waals surface area contributed by atoms with E-state index in [0.717, 1.165) is 31.2 Å². The summed E-state index contributed by atoms with van der Waals surface area (Å²) in [6, 6.07) is 10.2. The Kier molecular flexibility index (Phi) is 10.0. The summed E-state index contributed by atoms with van der Waals surface area (Å²) in [7, 11) is -2.04. The monoisotopic (exact) mass is 528 g/mol. The normalized spacial score (nSPS) is 24.3. The van der Waals surface area contributed by atoms with Gasteiger partial charge in [0.2, 0.25) is 0 Å². The molecule has 1 aromatic carbocycles. The van der Waals surface area contributed by atoms with E-state index in [4.69, 9.17) is 18.6 Å². The van der Waals surface area contributed by atoms with Crippen LogP contribution in [0.15, 0.2) is 53.6 Å². The number of carbonyl (C=O) groups excluding carboxylic acids is 1. The fraction of sp³-hybridized carbons (Fsp3) is 0.645. The summed E-state index contributed by atoms with van der Waals surface area (Å²) in [4.78, 5) is 11.8. The van der Waals surface area contributed by atoms with Crippen LogP contribution in [0.4, 0.5) is 0 Å². The Balaban J connectivity index is 1.72. The number of hydrogen-bond acceptors (Lipinski definition) is 5. The van der Waals surface area contributed by atoms with Crippen molar-refractivity contribution in [3.05, 3.63) is 59.2 Å². The molecule has 0 N–H and O–H groups in total. The van der Waals surface area contributed by atoms with E-state index in [1.54, 1.807) is 0 Å². The average molecular weight is 529 g/mol. The van der Waals surface area contributed by atoms with E-state index in [1.165, 1.54) is 24.5 Å². The number of benzene rings is 1. The van der Waals surface area contributed by atoms with E-state index >= 15 is 0 Å². The topological polar surface area (TPSA) is 57.3 Å². The SMILES string of the molecule is CC(=O)O[C@H](C/C=C(\C)[C@@H](C[C@H]1O[C@]1(C)OCc1ccccc1)O[Si](C)(C)C(C)(C)C)C1=CCCCC1. The molecule has 5 nitrogen and oxygen atoms in total. The third-order valence-corrected chi connectivity index (χ3v) is 12.6. The van der Waals surface area contributed by atoms with Gasteiger partial charge in [-0.05, 0) is 74.4 Å². The van der Waals surface area contributed by atoms with Gasteiger partial charge in [0.25, 0.3) is 0 Å². The van der Waals surface area contributed by atoms with Gasteiger partial charge in [-0.1, -0.05) is 63.3 Å². The smallest absolute Gasteiger partial charge is 0.303 e. The van der Waals surface area contributed by atoms with Gasteiger partial charge in [-0.25, -0.2) is 0 Å². The number of allylic oxidation sites excluding steroid dienone is 1. The second-order valence-electron chi connectivity index (χ2n) is 12.3. The van der Waals surface area contributed by atoms with Gasteiger partial charge in [-0.15, -0.1) is 0 Å².